The van der Waals surface area contributed by atoms with E-state index in [-0.39, 0.29) is 0 Å². The molecule has 0 radical (unpaired) electrons. The van der Waals surface area contributed by atoms with Crippen molar-refractivity contribution in [2.24, 2.45) is 5.41 Å². The summed E-state index contributed by atoms with van der Waals surface area (Å²) in [5.41, 5.74) is 1.77. The van der Waals surface area contributed by atoms with Crippen LogP contribution in [-0.2, 0) is 6.42 Å². The first-order valence-corrected chi connectivity index (χ1v) is 7.91. The lowest BCUT2D eigenvalue weighted by molar-refractivity contribution is 0.0612. The van der Waals surface area contributed by atoms with Crippen LogP contribution in [0, 0.1) is 5.41 Å². The van der Waals surface area contributed by atoms with E-state index in [1.807, 2.05) is 0 Å². The van der Waals surface area contributed by atoms with Gasteiger partial charge in [-0.3, -0.25) is 4.90 Å². The van der Waals surface area contributed by atoms with Gasteiger partial charge in [0.15, 0.2) is 0 Å². The lowest BCUT2D eigenvalue weighted by Gasteiger charge is -2.47. The molecule has 112 valence electrons. The fourth-order valence-corrected chi connectivity index (χ4v) is 3.11. The van der Waals surface area contributed by atoms with Crippen LogP contribution in [-0.4, -0.2) is 36.1 Å². The van der Waals surface area contributed by atoms with Gasteiger partial charge in [0.1, 0.15) is 0 Å². The van der Waals surface area contributed by atoms with Gasteiger partial charge in [0, 0.05) is 31.2 Å². The topological polar surface area (TPSA) is 15.3 Å². The third kappa shape index (κ3) is 3.83. The Morgan fingerprint density at radius 1 is 1.20 bits per heavy atom. The van der Waals surface area contributed by atoms with Crippen molar-refractivity contribution in [3.05, 3.63) is 35.9 Å². The van der Waals surface area contributed by atoms with Crippen molar-refractivity contribution in [1.82, 2.24) is 10.2 Å². The zero-order valence-electron chi connectivity index (χ0n) is 13.7. The Labute approximate surface area is 124 Å². The maximum absolute atomic E-state index is 3.77. The molecule has 20 heavy (non-hydrogen) atoms. The molecule has 2 atom stereocenters. The van der Waals surface area contributed by atoms with Crippen LogP contribution in [0.25, 0.3) is 0 Å². The van der Waals surface area contributed by atoms with E-state index >= 15 is 0 Å². The SMILES string of the molecule is CC(C)N1CC(C(C)(C)C)NCC1Cc1ccccc1. The average Bonchev–Trinajstić information content (AvgIpc) is 2.38. The molecule has 1 aromatic rings. The molecule has 1 aliphatic rings. The largest absolute Gasteiger partial charge is 0.311 e. The molecule has 0 bridgehead atoms. The molecule has 2 rings (SSSR count). The van der Waals surface area contributed by atoms with Crippen molar-refractivity contribution in [1.29, 1.82) is 0 Å². The Morgan fingerprint density at radius 3 is 2.40 bits per heavy atom. The minimum atomic E-state index is 0.324. The quantitative estimate of drug-likeness (QED) is 0.909. The number of rotatable bonds is 3. The third-order valence-corrected chi connectivity index (χ3v) is 4.49. The molecule has 1 saturated heterocycles. The summed E-state index contributed by atoms with van der Waals surface area (Å²) in [6.07, 6.45) is 1.14. The van der Waals surface area contributed by atoms with Crippen LogP contribution >= 0.6 is 0 Å². The molecular weight excluding hydrogens is 244 g/mol. The minimum Gasteiger partial charge on any atom is -0.311 e. The van der Waals surface area contributed by atoms with Crippen LogP contribution in [0.3, 0.4) is 0 Å². The Bertz CT molecular complexity index is 405. The van der Waals surface area contributed by atoms with Crippen LogP contribution in [0.2, 0.25) is 0 Å². The summed E-state index contributed by atoms with van der Waals surface area (Å²) in [6, 6.07) is 12.7. The molecule has 1 heterocycles. The third-order valence-electron chi connectivity index (χ3n) is 4.49. The summed E-state index contributed by atoms with van der Waals surface area (Å²) in [6.45, 7) is 13.9. The fraction of sp³-hybridized carbons (Fsp3) is 0.667. The normalized spacial score (nSPS) is 25.1. The fourth-order valence-electron chi connectivity index (χ4n) is 3.11. The lowest BCUT2D eigenvalue weighted by atomic mass is 9.84. The van der Waals surface area contributed by atoms with E-state index in [1.165, 1.54) is 5.56 Å². The van der Waals surface area contributed by atoms with Crippen LogP contribution < -0.4 is 5.32 Å². The highest BCUT2D eigenvalue weighted by molar-refractivity contribution is 5.16. The Balaban J connectivity index is 2.06. The van der Waals surface area contributed by atoms with E-state index in [9.17, 15) is 0 Å². The van der Waals surface area contributed by atoms with Gasteiger partial charge >= 0.3 is 0 Å². The predicted octanol–water partition coefficient (Wildman–Crippen LogP) is 3.33. The Morgan fingerprint density at radius 2 is 1.85 bits per heavy atom. The zero-order chi connectivity index (χ0) is 14.8. The molecule has 1 aliphatic heterocycles. The van der Waals surface area contributed by atoms with E-state index in [2.05, 4.69) is 75.2 Å². The lowest BCUT2D eigenvalue weighted by Crippen LogP contribution is -2.62. The molecule has 0 aromatic heterocycles. The highest BCUT2D eigenvalue weighted by atomic mass is 15.3. The average molecular weight is 274 g/mol. The number of hydrogen-bond acceptors (Lipinski definition) is 2. The number of benzene rings is 1. The first kappa shape index (κ1) is 15.5. The van der Waals surface area contributed by atoms with Crippen molar-refractivity contribution in [3.63, 3.8) is 0 Å². The first-order valence-electron chi connectivity index (χ1n) is 7.91. The van der Waals surface area contributed by atoms with Gasteiger partial charge in [0.2, 0.25) is 0 Å². The molecule has 0 saturated carbocycles. The zero-order valence-corrected chi connectivity index (χ0v) is 13.7. The van der Waals surface area contributed by atoms with Crippen molar-refractivity contribution >= 4 is 0 Å². The summed E-state index contributed by atoms with van der Waals surface area (Å²) in [7, 11) is 0. The number of piperazine rings is 1. The molecule has 0 spiro atoms. The summed E-state index contributed by atoms with van der Waals surface area (Å²) < 4.78 is 0. The van der Waals surface area contributed by atoms with E-state index in [0.29, 0.717) is 23.5 Å². The molecule has 2 nitrogen and oxygen atoms in total. The summed E-state index contributed by atoms with van der Waals surface area (Å²) >= 11 is 0. The van der Waals surface area contributed by atoms with Gasteiger partial charge in [0.05, 0.1) is 0 Å². The highest BCUT2D eigenvalue weighted by Crippen LogP contribution is 2.25. The second-order valence-electron chi connectivity index (χ2n) is 7.46. The molecule has 2 heteroatoms. The maximum atomic E-state index is 3.77. The van der Waals surface area contributed by atoms with E-state index < -0.39 is 0 Å². The van der Waals surface area contributed by atoms with Crippen LogP contribution in [0.4, 0.5) is 0 Å². The van der Waals surface area contributed by atoms with Crippen molar-refractivity contribution in [2.75, 3.05) is 13.1 Å². The number of nitrogens with one attached hydrogen (secondary N) is 1. The summed E-state index contributed by atoms with van der Waals surface area (Å²) in [5, 5.41) is 3.77. The smallest absolute Gasteiger partial charge is 0.0264 e. The minimum absolute atomic E-state index is 0.324. The summed E-state index contributed by atoms with van der Waals surface area (Å²) in [4.78, 5) is 2.68. The Kier molecular flexibility index (Phi) is 4.87. The molecule has 1 N–H and O–H groups in total. The maximum Gasteiger partial charge on any atom is 0.0264 e. The number of hydrogen-bond donors (Lipinski definition) is 1. The summed E-state index contributed by atoms with van der Waals surface area (Å²) in [5.74, 6) is 0. The van der Waals surface area contributed by atoms with Gasteiger partial charge in [-0.25, -0.2) is 0 Å². The predicted molar refractivity (Wildman–Crippen MR) is 87.0 cm³/mol. The second kappa shape index (κ2) is 6.28. The molecule has 2 unspecified atom stereocenters. The first-order chi connectivity index (χ1) is 9.38. The van der Waals surface area contributed by atoms with E-state index in [1.54, 1.807) is 0 Å². The van der Waals surface area contributed by atoms with Crippen LogP contribution in [0.1, 0.15) is 40.2 Å². The number of nitrogens with zero attached hydrogens (tertiary/aromatic N) is 1. The van der Waals surface area contributed by atoms with Gasteiger partial charge in [0.25, 0.3) is 0 Å². The van der Waals surface area contributed by atoms with Gasteiger partial charge in [-0.2, -0.15) is 0 Å². The molecular formula is C18H30N2. The van der Waals surface area contributed by atoms with Crippen LogP contribution in [0.15, 0.2) is 30.3 Å². The van der Waals surface area contributed by atoms with E-state index in [0.717, 1.165) is 19.5 Å². The Hall–Kier alpha value is -0.860. The second-order valence-corrected chi connectivity index (χ2v) is 7.46. The molecule has 0 aliphatic carbocycles. The van der Waals surface area contributed by atoms with Crippen molar-refractivity contribution in [3.8, 4) is 0 Å². The van der Waals surface area contributed by atoms with Crippen molar-refractivity contribution < 1.29 is 0 Å². The van der Waals surface area contributed by atoms with Gasteiger partial charge in [-0.05, 0) is 31.2 Å². The highest BCUT2D eigenvalue weighted by Gasteiger charge is 2.34. The monoisotopic (exact) mass is 274 g/mol. The van der Waals surface area contributed by atoms with Gasteiger partial charge in [-0.15, -0.1) is 0 Å². The molecule has 1 aromatic carbocycles. The molecule has 1 fully saturated rings. The van der Waals surface area contributed by atoms with Gasteiger partial charge in [-0.1, -0.05) is 51.1 Å². The molecule has 0 amide bonds. The van der Waals surface area contributed by atoms with Crippen molar-refractivity contribution in [2.45, 2.75) is 59.2 Å². The van der Waals surface area contributed by atoms with Crippen LogP contribution in [0.5, 0.6) is 0 Å². The van der Waals surface area contributed by atoms with E-state index in [4.69, 9.17) is 0 Å². The standard InChI is InChI=1S/C18H30N2/c1-14(2)20-13-17(18(3,4)5)19-12-16(20)11-15-9-7-6-8-10-15/h6-10,14,16-17,19H,11-13H2,1-5H3. The van der Waals surface area contributed by atoms with Gasteiger partial charge < -0.3 is 5.32 Å².